The van der Waals surface area contributed by atoms with Gasteiger partial charge in [-0.2, -0.15) is 0 Å². The molecule has 108 valence electrons. The fourth-order valence-corrected chi connectivity index (χ4v) is 3.06. The second-order valence-electron chi connectivity index (χ2n) is 4.79. The van der Waals surface area contributed by atoms with Crippen molar-refractivity contribution in [3.63, 3.8) is 0 Å². The molecule has 6 heteroatoms. The van der Waals surface area contributed by atoms with Crippen LogP contribution >= 0.6 is 11.3 Å². The number of carboxylic acid groups (broad SMARTS) is 1. The van der Waals surface area contributed by atoms with Gasteiger partial charge >= 0.3 is 5.97 Å². The summed E-state index contributed by atoms with van der Waals surface area (Å²) < 4.78 is 0. The molecule has 1 aromatic rings. The van der Waals surface area contributed by atoms with Crippen LogP contribution in [-0.4, -0.2) is 46.7 Å². The molecule has 0 radical (unpaired) electrons. The summed E-state index contributed by atoms with van der Waals surface area (Å²) in [6.07, 6.45) is 4.22. The van der Waals surface area contributed by atoms with Crippen LogP contribution in [0.15, 0.2) is 18.2 Å². The van der Waals surface area contributed by atoms with Gasteiger partial charge in [0, 0.05) is 30.6 Å². The predicted octanol–water partition coefficient (Wildman–Crippen LogP) is 1.69. The predicted molar refractivity (Wildman–Crippen MR) is 76.7 cm³/mol. The molecule has 1 aliphatic heterocycles. The molecule has 0 unspecified atom stereocenters. The molecule has 2 N–H and O–H groups in total. The SMILES string of the molecule is O=C(O)C=Cc1ccc(C(=O)N2CCC(CO)CC2)s1. The lowest BCUT2D eigenvalue weighted by molar-refractivity contribution is -0.131. The lowest BCUT2D eigenvalue weighted by Gasteiger charge is -2.30. The highest BCUT2D eigenvalue weighted by molar-refractivity contribution is 7.14. The van der Waals surface area contributed by atoms with Gasteiger partial charge in [-0.15, -0.1) is 11.3 Å². The van der Waals surface area contributed by atoms with E-state index in [9.17, 15) is 9.59 Å². The second-order valence-corrected chi connectivity index (χ2v) is 5.91. The van der Waals surface area contributed by atoms with Crippen molar-refractivity contribution in [2.24, 2.45) is 5.92 Å². The van der Waals surface area contributed by atoms with E-state index in [0.29, 0.717) is 23.9 Å². The average Bonchev–Trinajstić information content (AvgIpc) is 2.93. The van der Waals surface area contributed by atoms with Gasteiger partial charge < -0.3 is 15.1 Å². The van der Waals surface area contributed by atoms with Gasteiger partial charge in [0.25, 0.3) is 5.91 Å². The van der Waals surface area contributed by atoms with E-state index in [1.807, 2.05) is 0 Å². The summed E-state index contributed by atoms with van der Waals surface area (Å²) in [5, 5.41) is 17.6. The maximum absolute atomic E-state index is 12.3. The molecule has 0 atom stereocenters. The Kier molecular flexibility index (Phi) is 4.92. The zero-order valence-corrected chi connectivity index (χ0v) is 11.8. The van der Waals surface area contributed by atoms with Gasteiger partial charge in [-0.25, -0.2) is 4.79 Å². The third-order valence-electron chi connectivity index (χ3n) is 3.39. The van der Waals surface area contributed by atoms with Crippen LogP contribution in [0, 0.1) is 5.92 Å². The number of hydrogen-bond donors (Lipinski definition) is 2. The summed E-state index contributed by atoms with van der Waals surface area (Å²) in [4.78, 5) is 25.9. The van der Waals surface area contributed by atoms with Crippen LogP contribution in [0.2, 0.25) is 0 Å². The minimum absolute atomic E-state index is 0.0126. The van der Waals surface area contributed by atoms with E-state index in [-0.39, 0.29) is 12.5 Å². The molecule has 1 aromatic heterocycles. The molecule has 0 aromatic carbocycles. The lowest BCUT2D eigenvalue weighted by atomic mass is 9.98. The third-order valence-corrected chi connectivity index (χ3v) is 4.43. The Labute approximate surface area is 121 Å². The number of carbonyl (C=O) groups is 2. The number of likely N-dealkylation sites (tertiary alicyclic amines) is 1. The highest BCUT2D eigenvalue weighted by Crippen LogP contribution is 2.23. The number of aliphatic hydroxyl groups is 1. The fourth-order valence-electron chi connectivity index (χ4n) is 2.19. The van der Waals surface area contributed by atoms with E-state index < -0.39 is 5.97 Å². The number of carbonyl (C=O) groups excluding carboxylic acids is 1. The van der Waals surface area contributed by atoms with Crippen LogP contribution in [0.25, 0.3) is 6.08 Å². The Morgan fingerprint density at radius 3 is 2.65 bits per heavy atom. The Morgan fingerprint density at radius 2 is 2.05 bits per heavy atom. The molecule has 1 amide bonds. The summed E-state index contributed by atoms with van der Waals surface area (Å²) in [6.45, 7) is 1.52. The highest BCUT2D eigenvalue weighted by atomic mass is 32.1. The van der Waals surface area contributed by atoms with E-state index in [1.54, 1.807) is 17.0 Å². The molecule has 2 rings (SSSR count). The number of carboxylic acids is 1. The molecule has 0 bridgehead atoms. The summed E-state index contributed by atoms with van der Waals surface area (Å²) in [5.41, 5.74) is 0. The topological polar surface area (TPSA) is 77.8 Å². The summed E-state index contributed by atoms with van der Waals surface area (Å²) in [5.74, 6) is -0.713. The van der Waals surface area contributed by atoms with Gasteiger partial charge in [-0.05, 0) is 37.0 Å². The molecule has 0 saturated carbocycles. The van der Waals surface area contributed by atoms with Crippen LogP contribution in [-0.2, 0) is 4.79 Å². The summed E-state index contributed by atoms with van der Waals surface area (Å²) in [7, 11) is 0. The second kappa shape index (κ2) is 6.67. The Hall–Kier alpha value is -1.66. The monoisotopic (exact) mass is 295 g/mol. The first kappa shape index (κ1) is 14.7. The number of piperidine rings is 1. The number of hydrogen-bond acceptors (Lipinski definition) is 4. The quantitative estimate of drug-likeness (QED) is 0.829. The molecular formula is C14H17NO4S. The van der Waals surface area contributed by atoms with Gasteiger partial charge in [0.2, 0.25) is 0 Å². The van der Waals surface area contributed by atoms with Gasteiger partial charge in [-0.1, -0.05) is 0 Å². The van der Waals surface area contributed by atoms with Crippen molar-refractivity contribution < 1.29 is 19.8 Å². The number of thiophene rings is 1. The van der Waals surface area contributed by atoms with Gasteiger partial charge in [0.05, 0.1) is 4.88 Å². The number of aliphatic hydroxyl groups excluding tert-OH is 1. The number of nitrogens with zero attached hydrogens (tertiary/aromatic N) is 1. The van der Waals surface area contributed by atoms with E-state index in [1.165, 1.54) is 17.4 Å². The molecule has 1 saturated heterocycles. The summed E-state index contributed by atoms with van der Waals surface area (Å²) >= 11 is 1.29. The maximum atomic E-state index is 12.3. The minimum atomic E-state index is -1.00. The van der Waals surface area contributed by atoms with Crippen molar-refractivity contribution in [1.29, 1.82) is 0 Å². The third kappa shape index (κ3) is 3.68. The normalized spacial score (nSPS) is 16.8. The standard InChI is InChI=1S/C14H17NO4S/c16-9-10-5-7-15(8-6-10)14(19)12-3-1-11(20-12)2-4-13(17)18/h1-4,10,16H,5-9H2,(H,17,18). The zero-order chi connectivity index (χ0) is 14.5. The van der Waals surface area contributed by atoms with Crippen LogP contribution in [0.3, 0.4) is 0 Å². The fraction of sp³-hybridized carbons (Fsp3) is 0.429. The van der Waals surface area contributed by atoms with Crippen molar-refractivity contribution in [1.82, 2.24) is 4.90 Å². The largest absolute Gasteiger partial charge is 0.478 e. The van der Waals surface area contributed by atoms with Crippen LogP contribution < -0.4 is 0 Å². The first-order valence-electron chi connectivity index (χ1n) is 6.51. The molecule has 0 aliphatic carbocycles. The highest BCUT2D eigenvalue weighted by Gasteiger charge is 2.23. The maximum Gasteiger partial charge on any atom is 0.328 e. The van der Waals surface area contributed by atoms with Crippen molar-refractivity contribution in [2.75, 3.05) is 19.7 Å². The Morgan fingerprint density at radius 1 is 1.35 bits per heavy atom. The van der Waals surface area contributed by atoms with Crippen molar-refractivity contribution in [2.45, 2.75) is 12.8 Å². The van der Waals surface area contributed by atoms with Gasteiger partial charge in [0.15, 0.2) is 0 Å². The average molecular weight is 295 g/mol. The minimum Gasteiger partial charge on any atom is -0.478 e. The van der Waals surface area contributed by atoms with Crippen LogP contribution in [0.1, 0.15) is 27.4 Å². The van der Waals surface area contributed by atoms with Crippen molar-refractivity contribution in [3.8, 4) is 0 Å². The van der Waals surface area contributed by atoms with E-state index in [0.717, 1.165) is 23.8 Å². The Balaban J connectivity index is 1.98. The lowest BCUT2D eigenvalue weighted by Crippen LogP contribution is -2.38. The van der Waals surface area contributed by atoms with Gasteiger partial charge in [0.1, 0.15) is 0 Å². The summed E-state index contributed by atoms with van der Waals surface area (Å²) in [6, 6.07) is 3.48. The van der Waals surface area contributed by atoms with Crippen LogP contribution in [0.5, 0.6) is 0 Å². The number of amides is 1. The molecule has 20 heavy (non-hydrogen) atoms. The van der Waals surface area contributed by atoms with Crippen LogP contribution in [0.4, 0.5) is 0 Å². The number of aliphatic carboxylic acids is 1. The zero-order valence-electron chi connectivity index (χ0n) is 11.0. The van der Waals surface area contributed by atoms with Crippen molar-refractivity contribution in [3.05, 3.63) is 28.0 Å². The molecule has 1 fully saturated rings. The first-order chi connectivity index (χ1) is 9.60. The molecular weight excluding hydrogens is 278 g/mol. The molecule has 2 heterocycles. The number of rotatable bonds is 4. The molecule has 0 spiro atoms. The van der Waals surface area contributed by atoms with E-state index in [4.69, 9.17) is 10.2 Å². The smallest absolute Gasteiger partial charge is 0.328 e. The Bertz CT molecular complexity index is 515. The van der Waals surface area contributed by atoms with Crippen molar-refractivity contribution >= 4 is 29.3 Å². The first-order valence-corrected chi connectivity index (χ1v) is 7.33. The molecule has 5 nitrogen and oxygen atoms in total. The van der Waals surface area contributed by atoms with E-state index >= 15 is 0 Å². The van der Waals surface area contributed by atoms with E-state index in [2.05, 4.69) is 0 Å². The molecule has 1 aliphatic rings. The van der Waals surface area contributed by atoms with Gasteiger partial charge in [-0.3, -0.25) is 4.79 Å².